The van der Waals surface area contributed by atoms with Gasteiger partial charge in [-0.3, -0.25) is 4.79 Å². The Labute approximate surface area is 154 Å². The Morgan fingerprint density at radius 2 is 1.12 bits per heavy atom. The Kier molecular flexibility index (Phi) is 4.53. The number of benzene rings is 3. The molecule has 4 rings (SSSR count). The van der Waals surface area contributed by atoms with Crippen LogP contribution in [-0.2, 0) is 4.79 Å². The highest BCUT2D eigenvalue weighted by Gasteiger charge is 2.40. The molecule has 1 saturated carbocycles. The first-order valence-electron chi connectivity index (χ1n) is 8.89. The first kappa shape index (κ1) is 16.9. The van der Waals surface area contributed by atoms with E-state index in [-0.39, 0.29) is 5.92 Å². The number of carboxylic acids is 1. The van der Waals surface area contributed by atoms with Gasteiger partial charge in [0.2, 0.25) is 0 Å². The van der Waals surface area contributed by atoms with Crippen molar-refractivity contribution in [2.45, 2.75) is 12.8 Å². The van der Waals surface area contributed by atoms with Gasteiger partial charge >= 0.3 is 5.97 Å². The Balaban J connectivity index is 2.16. The van der Waals surface area contributed by atoms with E-state index in [2.05, 4.69) is 72.8 Å². The van der Waals surface area contributed by atoms with Crippen molar-refractivity contribution >= 4 is 34.1 Å². The summed E-state index contributed by atoms with van der Waals surface area (Å²) in [5.41, 5.74) is 0. The number of rotatable bonds is 4. The van der Waals surface area contributed by atoms with Gasteiger partial charge < -0.3 is 5.11 Å². The number of carboxylic acid groups (broad SMARTS) is 1. The summed E-state index contributed by atoms with van der Waals surface area (Å²) >= 11 is 0. The summed E-state index contributed by atoms with van der Waals surface area (Å²) in [5.74, 6) is -1.05. The van der Waals surface area contributed by atoms with E-state index in [0.29, 0.717) is 0 Å². The fourth-order valence-corrected chi connectivity index (χ4v) is 8.90. The molecule has 1 aliphatic carbocycles. The maximum Gasteiger partial charge on any atom is 0.310 e. The van der Waals surface area contributed by atoms with Gasteiger partial charge in [0.25, 0.3) is 0 Å². The third-order valence-corrected chi connectivity index (χ3v) is 9.87. The zero-order chi connectivity index (χ0) is 18.0. The van der Waals surface area contributed by atoms with Gasteiger partial charge in [0.1, 0.15) is 0 Å². The molecule has 0 heterocycles. The summed E-state index contributed by atoms with van der Waals surface area (Å²) in [7, 11) is 0. The van der Waals surface area contributed by atoms with Crippen LogP contribution in [0.1, 0.15) is 12.8 Å². The summed E-state index contributed by atoms with van der Waals surface area (Å²) in [4.78, 5) is 11.9. The summed E-state index contributed by atoms with van der Waals surface area (Å²) < 4.78 is 0. The molecular weight excluding hydrogens is 339 g/mol. The van der Waals surface area contributed by atoms with Crippen molar-refractivity contribution < 1.29 is 9.90 Å². The highest BCUT2D eigenvalue weighted by Crippen LogP contribution is 2.52. The van der Waals surface area contributed by atoms with Gasteiger partial charge in [-0.15, -0.1) is 0 Å². The van der Waals surface area contributed by atoms with Gasteiger partial charge in [-0.05, 0) is 40.9 Å². The van der Waals surface area contributed by atoms with Gasteiger partial charge in [-0.1, -0.05) is 91.0 Å². The molecule has 26 heavy (non-hydrogen) atoms. The molecule has 0 saturated heterocycles. The lowest BCUT2D eigenvalue weighted by atomic mass is 9.85. The minimum atomic E-state index is -2.13. The van der Waals surface area contributed by atoms with Crippen LogP contribution < -0.4 is 15.9 Å². The van der Waals surface area contributed by atoms with E-state index in [1.54, 1.807) is 0 Å². The van der Waals surface area contributed by atoms with E-state index in [1.807, 2.05) is 18.2 Å². The molecule has 1 atom stereocenters. The van der Waals surface area contributed by atoms with Gasteiger partial charge in [0.15, 0.2) is 0 Å². The van der Waals surface area contributed by atoms with Crippen LogP contribution in [0.15, 0.2) is 91.0 Å². The van der Waals surface area contributed by atoms with Gasteiger partial charge in [0, 0.05) is 0 Å². The van der Waals surface area contributed by atoms with Crippen molar-refractivity contribution in [1.82, 2.24) is 0 Å². The van der Waals surface area contributed by atoms with Gasteiger partial charge in [-0.2, -0.15) is 0 Å². The number of aliphatic carboxylic acids is 1. The standard InChI is InChI=1S/C23H21O2P/c24-23(25)21-16-17-22(21)26(18-10-4-1-5-11-18,19-12-6-2-7-13-19)20-14-8-3-9-15-20/h1-15,21H,16-17H2,(H,24,25). The summed E-state index contributed by atoms with van der Waals surface area (Å²) in [5, 5.41) is 14.7. The quantitative estimate of drug-likeness (QED) is 0.721. The van der Waals surface area contributed by atoms with Crippen LogP contribution in [-0.4, -0.2) is 16.4 Å². The summed E-state index contributed by atoms with van der Waals surface area (Å²) in [6, 6.07) is 31.4. The molecule has 1 fully saturated rings. The highest BCUT2D eigenvalue weighted by atomic mass is 31.2. The predicted molar refractivity (Wildman–Crippen MR) is 111 cm³/mol. The first-order chi connectivity index (χ1) is 12.7. The van der Waals surface area contributed by atoms with Crippen molar-refractivity contribution in [3.05, 3.63) is 91.0 Å². The lowest BCUT2D eigenvalue weighted by Gasteiger charge is -2.40. The molecule has 0 aromatic heterocycles. The molecule has 3 aromatic carbocycles. The van der Waals surface area contributed by atoms with Crippen LogP contribution in [0.4, 0.5) is 0 Å². The average molecular weight is 360 g/mol. The Hall–Kier alpha value is -2.57. The average Bonchev–Trinajstić information content (AvgIpc) is 2.66. The Bertz CT molecular complexity index is 859. The lowest BCUT2D eigenvalue weighted by Crippen LogP contribution is -2.41. The zero-order valence-corrected chi connectivity index (χ0v) is 15.3. The molecule has 1 N–H and O–H groups in total. The number of carbonyl (C=O) groups is 1. The third-order valence-electron chi connectivity index (χ3n) is 5.25. The molecule has 0 radical (unpaired) electrons. The fraction of sp³-hybridized carbons (Fsp3) is 0.130. The molecule has 0 spiro atoms. The maximum atomic E-state index is 11.9. The van der Waals surface area contributed by atoms with Crippen molar-refractivity contribution in [2.24, 2.45) is 5.92 Å². The summed E-state index contributed by atoms with van der Waals surface area (Å²) in [6.45, 7) is -2.13. The highest BCUT2D eigenvalue weighted by molar-refractivity contribution is 7.95. The molecule has 2 nitrogen and oxygen atoms in total. The number of hydrogen-bond donors (Lipinski definition) is 1. The Morgan fingerprint density at radius 1 is 0.731 bits per heavy atom. The van der Waals surface area contributed by atoms with E-state index in [9.17, 15) is 9.90 Å². The predicted octanol–water partition coefficient (Wildman–Crippen LogP) is 3.65. The molecule has 1 unspecified atom stereocenters. The molecule has 0 amide bonds. The largest absolute Gasteiger partial charge is 0.481 e. The topological polar surface area (TPSA) is 37.3 Å². The minimum Gasteiger partial charge on any atom is -0.481 e. The molecule has 1 aliphatic rings. The van der Waals surface area contributed by atoms with Crippen molar-refractivity contribution in [3.63, 3.8) is 0 Å². The molecular formula is C23H21O2P. The van der Waals surface area contributed by atoms with Crippen LogP contribution >= 0.6 is 6.89 Å². The third kappa shape index (κ3) is 2.62. The van der Waals surface area contributed by atoms with Crippen molar-refractivity contribution in [2.75, 3.05) is 0 Å². The Morgan fingerprint density at radius 3 is 1.38 bits per heavy atom. The second-order valence-electron chi connectivity index (χ2n) is 6.60. The van der Waals surface area contributed by atoms with Gasteiger partial charge in [-0.25, -0.2) is 0 Å². The van der Waals surface area contributed by atoms with Crippen LogP contribution in [0.5, 0.6) is 0 Å². The number of hydrogen-bond acceptors (Lipinski definition) is 1. The SMILES string of the molecule is O=C(O)C1CCC1=P(c1ccccc1)(c1ccccc1)c1ccccc1. The maximum absolute atomic E-state index is 11.9. The molecule has 130 valence electrons. The lowest BCUT2D eigenvalue weighted by molar-refractivity contribution is -0.140. The fourth-order valence-electron chi connectivity index (χ4n) is 3.98. The molecule has 3 heteroatoms. The smallest absolute Gasteiger partial charge is 0.310 e. The van der Waals surface area contributed by atoms with E-state index in [1.165, 1.54) is 21.2 Å². The van der Waals surface area contributed by atoms with Crippen LogP contribution in [0.25, 0.3) is 0 Å². The van der Waals surface area contributed by atoms with Crippen LogP contribution in [0.2, 0.25) is 0 Å². The second-order valence-corrected chi connectivity index (χ2v) is 10.1. The van der Waals surface area contributed by atoms with Crippen LogP contribution in [0, 0.1) is 5.92 Å². The zero-order valence-electron chi connectivity index (χ0n) is 14.5. The van der Waals surface area contributed by atoms with Crippen LogP contribution in [0.3, 0.4) is 0 Å². The van der Waals surface area contributed by atoms with E-state index >= 15 is 0 Å². The van der Waals surface area contributed by atoms with E-state index < -0.39 is 12.9 Å². The monoisotopic (exact) mass is 360 g/mol. The molecule has 0 aliphatic heterocycles. The first-order valence-corrected chi connectivity index (χ1v) is 10.7. The normalized spacial score (nSPS) is 16.8. The van der Waals surface area contributed by atoms with Crippen molar-refractivity contribution in [1.29, 1.82) is 0 Å². The van der Waals surface area contributed by atoms with Gasteiger partial charge in [0.05, 0.1) is 5.92 Å². The van der Waals surface area contributed by atoms with Crippen molar-refractivity contribution in [3.8, 4) is 0 Å². The van der Waals surface area contributed by atoms with E-state index in [4.69, 9.17) is 0 Å². The van der Waals surface area contributed by atoms with E-state index in [0.717, 1.165) is 12.8 Å². The summed E-state index contributed by atoms with van der Waals surface area (Å²) in [6.07, 6.45) is 1.61. The molecule has 3 aromatic rings. The molecule has 0 bridgehead atoms. The minimum absolute atomic E-state index is 0.357. The second kappa shape index (κ2) is 6.97.